The Morgan fingerprint density at radius 3 is 2.62 bits per heavy atom. The van der Waals surface area contributed by atoms with Crippen LogP contribution in [0.15, 0.2) is 4.52 Å². The monoisotopic (exact) mass is 407 g/mol. The molecule has 1 amide bonds. The number of amides is 1. The number of nitrogens with one attached hydrogen (secondary N) is 1. The van der Waals surface area contributed by atoms with Gasteiger partial charge in [-0.15, -0.1) is 24.8 Å². The number of aryl methyl sites for hydroxylation is 1. The molecule has 2 aliphatic heterocycles. The van der Waals surface area contributed by atoms with Crippen molar-refractivity contribution in [3.8, 4) is 0 Å². The molecule has 0 saturated carbocycles. The van der Waals surface area contributed by atoms with Crippen LogP contribution in [-0.2, 0) is 11.3 Å². The Morgan fingerprint density at radius 2 is 2.04 bits per heavy atom. The van der Waals surface area contributed by atoms with E-state index in [1.807, 2.05) is 4.90 Å². The highest BCUT2D eigenvalue weighted by molar-refractivity contribution is 5.85. The van der Waals surface area contributed by atoms with Crippen LogP contribution in [0.5, 0.6) is 0 Å². The summed E-state index contributed by atoms with van der Waals surface area (Å²) in [6.07, 6.45) is 3.16. The molecule has 0 aliphatic carbocycles. The quantitative estimate of drug-likeness (QED) is 0.802. The molecule has 150 valence electrons. The Labute approximate surface area is 168 Å². The second kappa shape index (κ2) is 11.1. The van der Waals surface area contributed by atoms with E-state index in [0.717, 1.165) is 45.1 Å². The van der Waals surface area contributed by atoms with E-state index in [2.05, 4.69) is 27.3 Å². The molecule has 3 rings (SSSR count). The van der Waals surface area contributed by atoms with Crippen molar-refractivity contribution in [3.63, 3.8) is 0 Å². The van der Waals surface area contributed by atoms with Gasteiger partial charge in [-0.3, -0.25) is 9.69 Å². The SMILES string of the molecule is Cc1nc(CN2CCN(C(=O)CC(C)C3CCCNC3)CC2)no1.Cl.Cl. The van der Waals surface area contributed by atoms with Gasteiger partial charge in [0.25, 0.3) is 0 Å². The summed E-state index contributed by atoms with van der Waals surface area (Å²) in [4.78, 5) is 21.1. The van der Waals surface area contributed by atoms with Gasteiger partial charge in [0.05, 0.1) is 6.54 Å². The van der Waals surface area contributed by atoms with Gasteiger partial charge in [0.1, 0.15) is 0 Å². The van der Waals surface area contributed by atoms with Crippen LogP contribution in [0.25, 0.3) is 0 Å². The van der Waals surface area contributed by atoms with E-state index >= 15 is 0 Å². The molecule has 3 heterocycles. The molecule has 2 atom stereocenters. The van der Waals surface area contributed by atoms with E-state index in [-0.39, 0.29) is 24.8 Å². The van der Waals surface area contributed by atoms with E-state index in [0.29, 0.717) is 36.6 Å². The lowest BCUT2D eigenvalue weighted by atomic mass is 9.85. The second-order valence-electron chi connectivity index (χ2n) is 7.17. The molecule has 1 N–H and O–H groups in total. The average molecular weight is 408 g/mol. The highest BCUT2D eigenvalue weighted by Gasteiger charge is 2.26. The van der Waals surface area contributed by atoms with Crippen molar-refractivity contribution in [2.45, 2.75) is 39.7 Å². The molecular weight excluding hydrogens is 377 g/mol. The first-order valence-electron chi connectivity index (χ1n) is 9.12. The number of hydrogen-bond donors (Lipinski definition) is 1. The molecule has 0 radical (unpaired) electrons. The summed E-state index contributed by atoms with van der Waals surface area (Å²) in [6.45, 7) is 10.3. The number of halogens is 2. The number of nitrogens with zero attached hydrogens (tertiary/aromatic N) is 4. The maximum Gasteiger partial charge on any atom is 0.223 e. The van der Waals surface area contributed by atoms with Crippen molar-refractivity contribution in [2.75, 3.05) is 39.3 Å². The molecule has 1 aromatic heterocycles. The minimum absolute atomic E-state index is 0. The normalized spacial score (nSPS) is 22.2. The number of aromatic nitrogens is 2. The Balaban J connectivity index is 0.00000169. The fourth-order valence-corrected chi connectivity index (χ4v) is 3.70. The molecule has 7 nitrogen and oxygen atoms in total. The van der Waals surface area contributed by atoms with Gasteiger partial charge in [-0.2, -0.15) is 4.98 Å². The first kappa shape index (κ1) is 23.1. The number of carbonyl (C=O) groups is 1. The van der Waals surface area contributed by atoms with Gasteiger partial charge in [0, 0.05) is 39.5 Å². The summed E-state index contributed by atoms with van der Waals surface area (Å²) < 4.78 is 5.01. The van der Waals surface area contributed by atoms with Crippen LogP contribution in [0.2, 0.25) is 0 Å². The minimum Gasteiger partial charge on any atom is -0.340 e. The van der Waals surface area contributed by atoms with Gasteiger partial charge in [0.15, 0.2) is 5.82 Å². The lowest BCUT2D eigenvalue weighted by Crippen LogP contribution is -2.49. The van der Waals surface area contributed by atoms with E-state index in [1.165, 1.54) is 12.8 Å². The summed E-state index contributed by atoms with van der Waals surface area (Å²) in [6, 6.07) is 0. The smallest absolute Gasteiger partial charge is 0.223 e. The largest absolute Gasteiger partial charge is 0.340 e. The van der Waals surface area contributed by atoms with Crippen LogP contribution < -0.4 is 5.32 Å². The third-order valence-corrected chi connectivity index (χ3v) is 5.30. The summed E-state index contributed by atoms with van der Waals surface area (Å²) in [5, 5.41) is 7.39. The van der Waals surface area contributed by atoms with Gasteiger partial charge in [-0.1, -0.05) is 12.1 Å². The van der Waals surface area contributed by atoms with E-state index in [4.69, 9.17) is 4.52 Å². The van der Waals surface area contributed by atoms with Crippen LogP contribution >= 0.6 is 24.8 Å². The van der Waals surface area contributed by atoms with Crippen LogP contribution in [-0.4, -0.2) is 65.1 Å². The molecular formula is C17H31Cl2N5O2. The molecule has 2 saturated heterocycles. The van der Waals surface area contributed by atoms with Gasteiger partial charge < -0.3 is 14.7 Å². The molecule has 1 aromatic rings. The predicted octanol–water partition coefficient (Wildman–Crippen LogP) is 1.89. The zero-order valence-electron chi connectivity index (χ0n) is 15.6. The van der Waals surface area contributed by atoms with Crippen molar-refractivity contribution in [1.82, 2.24) is 25.3 Å². The lowest BCUT2D eigenvalue weighted by molar-refractivity contribution is -0.134. The number of piperidine rings is 1. The van der Waals surface area contributed by atoms with E-state index in [9.17, 15) is 4.79 Å². The van der Waals surface area contributed by atoms with Crippen LogP contribution in [0.3, 0.4) is 0 Å². The molecule has 0 bridgehead atoms. The molecule has 9 heteroatoms. The van der Waals surface area contributed by atoms with Crippen LogP contribution in [0.4, 0.5) is 0 Å². The summed E-state index contributed by atoms with van der Waals surface area (Å²) in [5.41, 5.74) is 0. The number of rotatable bonds is 5. The first-order valence-corrected chi connectivity index (χ1v) is 9.12. The molecule has 2 fully saturated rings. The standard InChI is InChI=1S/C17H29N5O2.2ClH/c1-13(15-4-3-5-18-11-15)10-17(23)22-8-6-21(7-9-22)12-16-19-14(2)24-20-16;;/h13,15,18H,3-12H2,1-2H3;2*1H. The molecule has 26 heavy (non-hydrogen) atoms. The average Bonchev–Trinajstić information content (AvgIpc) is 3.01. The minimum atomic E-state index is 0. The Bertz CT molecular complexity index is 543. The Morgan fingerprint density at radius 1 is 1.31 bits per heavy atom. The molecule has 0 spiro atoms. The van der Waals surface area contributed by atoms with Crippen molar-refractivity contribution >= 4 is 30.7 Å². The number of carbonyl (C=O) groups excluding carboxylic acids is 1. The maximum absolute atomic E-state index is 12.6. The predicted molar refractivity (Wildman–Crippen MR) is 105 cm³/mol. The van der Waals surface area contributed by atoms with Crippen LogP contribution in [0.1, 0.15) is 37.9 Å². The zero-order chi connectivity index (χ0) is 16.9. The summed E-state index contributed by atoms with van der Waals surface area (Å²) in [5.74, 6) is 2.75. The van der Waals surface area contributed by atoms with Crippen molar-refractivity contribution in [1.29, 1.82) is 0 Å². The van der Waals surface area contributed by atoms with Gasteiger partial charge in [-0.25, -0.2) is 0 Å². The third kappa shape index (κ3) is 6.37. The Kier molecular flexibility index (Phi) is 9.85. The zero-order valence-corrected chi connectivity index (χ0v) is 17.3. The number of piperazine rings is 1. The Hall–Kier alpha value is -0.890. The van der Waals surface area contributed by atoms with Crippen molar-refractivity contribution < 1.29 is 9.32 Å². The van der Waals surface area contributed by atoms with Gasteiger partial charge >= 0.3 is 0 Å². The van der Waals surface area contributed by atoms with Crippen LogP contribution in [0, 0.1) is 18.8 Å². The second-order valence-corrected chi connectivity index (χ2v) is 7.17. The summed E-state index contributed by atoms with van der Waals surface area (Å²) >= 11 is 0. The van der Waals surface area contributed by atoms with E-state index in [1.54, 1.807) is 6.92 Å². The van der Waals surface area contributed by atoms with Crippen molar-refractivity contribution in [2.24, 2.45) is 11.8 Å². The molecule has 2 unspecified atom stereocenters. The highest BCUT2D eigenvalue weighted by atomic mass is 35.5. The lowest BCUT2D eigenvalue weighted by Gasteiger charge is -2.35. The third-order valence-electron chi connectivity index (χ3n) is 5.30. The topological polar surface area (TPSA) is 74.5 Å². The summed E-state index contributed by atoms with van der Waals surface area (Å²) in [7, 11) is 0. The fraction of sp³-hybridized carbons (Fsp3) is 0.824. The number of hydrogen-bond acceptors (Lipinski definition) is 6. The van der Waals surface area contributed by atoms with E-state index < -0.39 is 0 Å². The molecule has 0 aromatic carbocycles. The van der Waals surface area contributed by atoms with Gasteiger partial charge in [0.2, 0.25) is 11.8 Å². The maximum atomic E-state index is 12.6. The highest BCUT2D eigenvalue weighted by Crippen LogP contribution is 2.23. The van der Waals surface area contributed by atoms with Crippen molar-refractivity contribution in [3.05, 3.63) is 11.7 Å². The first-order chi connectivity index (χ1) is 11.6. The molecule has 2 aliphatic rings. The van der Waals surface area contributed by atoms with Gasteiger partial charge in [-0.05, 0) is 37.8 Å². The fourth-order valence-electron chi connectivity index (χ4n) is 3.70.